The number of nitrogens with one attached hydrogen (secondary N) is 1. The predicted molar refractivity (Wildman–Crippen MR) is 102 cm³/mol. The van der Waals surface area contributed by atoms with Crippen LogP contribution in [0.25, 0.3) is 0 Å². The minimum atomic E-state index is -0.500. The van der Waals surface area contributed by atoms with Crippen LogP contribution in [0.15, 0.2) is 89.8 Å². The second-order valence-corrected chi connectivity index (χ2v) is 6.65. The summed E-state index contributed by atoms with van der Waals surface area (Å²) >= 11 is 1.83. The van der Waals surface area contributed by atoms with E-state index in [9.17, 15) is 5.11 Å². The first-order chi connectivity index (χ1) is 11.8. The van der Waals surface area contributed by atoms with Crippen molar-refractivity contribution >= 4 is 17.4 Å². The second kappa shape index (κ2) is 8.57. The van der Waals surface area contributed by atoms with E-state index in [-0.39, 0.29) is 0 Å². The number of benzene rings is 3. The summed E-state index contributed by atoms with van der Waals surface area (Å²) in [6.45, 7) is 0.502. The summed E-state index contributed by atoms with van der Waals surface area (Å²) in [5.74, 6) is 0.955. The highest BCUT2D eigenvalue weighted by Crippen LogP contribution is 2.23. The Kier molecular flexibility index (Phi) is 5.94. The van der Waals surface area contributed by atoms with Crippen molar-refractivity contribution in [1.29, 1.82) is 0 Å². The van der Waals surface area contributed by atoms with Crippen molar-refractivity contribution in [2.24, 2.45) is 0 Å². The van der Waals surface area contributed by atoms with E-state index < -0.39 is 6.10 Å². The van der Waals surface area contributed by atoms with Gasteiger partial charge in [-0.1, -0.05) is 60.7 Å². The second-order valence-electron chi connectivity index (χ2n) is 5.61. The van der Waals surface area contributed by atoms with Crippen LogP contribution in [-0.2, 0) is 5.75 Å². The van der Waals surface area contributed by atoms with Gasteiger partial charge in [0.15, 0.2) is 0 Å². The Hall–Kier alpha value is -2.23. The van der Waals surface area contributed by atoms with Crippen molar-refractivity contribution in [3.8, 4) is 0 Å². The van der Waals surface area contributed by atoms with Gasteiger partial charge < -0.3 is 10.4 Å². The zero-order valence-electron chi connectivity index (χ0n) is 13.4. The summed E-state index contributed by atoms with van der Waals surface area (Å²) in [6.07, 6.45) is -0.500. The lowest BCUT2D eigenvalue weighted by atomic mass is 10.1. The van der Waals surface area contributed by atoms with E-state index >= 15 is 0 Å². The van der Waals surface area contributed by atoms with E-state index in [1.54, 1.807) is 0 Å². The summed E-state index contributed by atoms with van der Waals surface area (Å²) in [5.41, 5.74) is 3.25. The smallest absolute Gasteiger partial charge is 0.0962 e. The van der Waals surface area contributed by atoms with Crippen LogP contribution in [0, 0.1) is 0 Å². The van der Waals surface area contributed by atoms with Crippen LogP contribution >= 0.6 is 11.8 Å². The third kappa shape index (κ3) is 4.88. The van der Waals surface area contributed by atoms with E-state index in [2.05, 4.69) is 53.8 Å². The summed E-state index contributed by atoms with van der Waals surface area (Å²) in [6, 6.07) is 28.5. The van der Waals surface area contributed by atoms with Crippen LogP contribution in [-0.4, -0.2) is 11.7 Å². The van der Waals surface area contributed by atoms with Crippen LogP contribution < -0.4 is 5.32 Å². The lowest BCUT2D eigenvalue weighted by Gasteiger charge is -2.13. The molecule has 0 radical (unpaired) electrons. The molecule has 0 fully saturated rings. The first-order valence-electron chi connectivity index (χ1n) is 8.05. The molecule has 2 N–H and O–H groups in total. The lowest BCUT2D eigenvalue weighted by molar-refractivity contribution is 0.191. The molecule has 3 aromatic rings. The molecule has 2 nitrogen and oxygen atoms in total. The van der Waals surface area contributed by atoms with Gasteiger partial charge in [-0.3, -0.25) is 0 Å². The Morgan fingerprint density at radius 1 is 0.792 bits per heavy atom. The average molecular weight is 335 g/mol. The van der Waals surface area contributed by atoms with Crippen molar-refractivity contribution < 1.29 is 5.11 Å². The molecule has 24 heavy (non-hydrogen) atoms. The average Bonchev–Trinajstić information content (AvgIpc) is 2.67. The highest BCUT2D eigenvalue weighted by Gasteiger charge is 2.06. The van der Waals surface area contributed by atoms with Crippen LogP contribution in [0.2, 0.25) is 0 Å². The van der Waals surface area contributed by atoms with Crippen molar-refractivity contribution in [3.63, 3.8) is 0 Å². The van der Waals surface area contributed by atoms with Crippen molar-refractivity contribution in [2.75, 3.05) is 11.9 Å². The topological polar surface area (TPSA) is 32.3 Å². The molecule has 0 amide bonds. The normalized spacial score (nSPS) is 11.9. The Morgan fingerprint density at radius 3 is 2.08 bits per heavy atom. The van der Waals surface area contributed by atoms with E-state index in [1.807, 2.05) is 48.2 Å². The van der Waals surface area contributed by atoms with E-state index in [0.29, 0.717) is 6.54 Å². The number of aliphatic hydroxyl groups is 1. The molecule has 3 heteroatoms. The SMILES string of the molecule is OC(CNc1ccc(CSc2ccccc2)cc1)c1ccccc1. The Morgan fingerprint density at radius 2 is 1.42 bits per heavy atom. The fourth-order valence-electron chi connectivity index (χ4n) is 2.41. The van der Waals surface area contributed by atoms with Crippen LogP contribution in [0.4, 0.5) is 5.69 Å². The minimum absolute atomic E-state index is 0.500. The van der Waals surface area contributed by atoms with Crippen molar-refractivity contribution in [1.82, 2.24) is 0 Å². The van der Waals surface area contributed by atoms with E-state index in [1.165, 1.54) is 10.5 Å². The maximum atomic E-state index is 10.2. The van der Waals surface area contributed by atoms with Gasteiger partial charge >= 0.3 is 0 Å². The quantitative estimate of drug-likeness (QED) is 0.588. The van der Waals surface area contributed by atoms with Gasteiger partial charge in [0.2, 0.25) is 0 Å². The molecule has 1 atom stereocenters. The fraction of sp³-hybridized carbons (Fsp3) is 0.143. The lowest BCUT2D eigenvalue weighted by Crippen LogP contribution is -2.11. The standard InChI is InChI=1S/C21H21NOS/c23-21(18-7-3-1-4-8-18)15-22-19-13-11-17(12-14-19)16-24-20-9-5-2-6-10-20/h1-14,21-23H,15-16H2. The molecule has 0 spiro atoms. The van der Waals surface area contributed by atoms with Gasteiger partial charge in [-0.2, -0.15) is 0 Å². The first-order valence-corrected chi connectivity index (χ1v) is 9.03. The summed E-state index contributed by atoms with van der Waals surface area (Å²) in [5, 5.41) is 13.5. The van der Waals surface area contributed by atoms with Crippen LogP contribution in [0.3, 0.4) is 0 Å². The largest absolute Gasteiger partial charge is 0.387 e. The number of rotatable bonds is 7. The van der Waals surface area contributed by atoms with Gasteiger partial charge in [0.25, 0.3) is 0 Å². The third-order valence-corrected chi connectivity index (χ3v) is 4.87. The van der Waals surface area contributed by atoms with E-state index in [0.717, 1.165) is 17.0 Å². The van der Waals surface area contributed by atoms with Gasteiger partial charge in [0.05, 0.1) is 6.10 Å². The molecule has 0 aliphatic rings. The Bertz CT molecular complexity index is 729. The highest BCUT2D eigenvalue weighted by molar-refractivity contribution is 7.98. The number of thioether (sulfide) groups is 1. The first kappa shape index (κ1) is 16.6. The van der Waals surface area contributed by atoms with Gasteiger partial charge in [-0.25, -0.2) is 0 Å². The Labute approximate surface area is 147 Å². The molecule has 0 aliphatic heterocycles. The number of aliphatic hydroxyl groups excluding tert-OH is 1. The number of anilines is 1. The zero-order chi connectivity index (χ0) is 16.6. The molecule has 0 saturated heterocycles. The zero-order valence-corrected chi connectivity index (χ0v) is 14.2. The molecule has 0 aromatic heterocycles. The summed E-state index contributed by atoms with van der Waals surface area (Å²) in [7, 11) is 0. The van der Waals surface area contributed by atoms with Gasteiger partial charge in [-0.05, 0) is 35.4 Å². The van der Waals surface area contributed by atoms with Gasteiger partial charge in [-0.15, -0.1) is 11.8 Å². The predicted octanol–water partition coefficient (Wildman–Crippen LogP) is 5.12. The number of hydrogen-bond donors (Lipinski definition) is 2. The molecular weight excluding hydrogens is 314 g/mol. The van der Waals surface area contributed by atoms with E-state index in [4.69, 9.17) is 0 Å². The Balaban J connectivity index is 1.49. The van der Waals surface area contributed by atoms with Crippen molar-refractivity contribution in [3.05, 3.63) is 96.1 Å². The highest BCUT2D eigenvalue weighted by atomic mass is 32.2. The minimum Gasteiger partial charge on any atom is -0.387 e. The fourth-order valence-corrected chi connectivity index (χ4v) is 3.29. The van der Waals surface area contributed by atoms with Crippen LogP contribution in [0.5, 0.6) is 0 Å². The molecule has 3 rings (SSSR count). The molecule has 1 unspecified atom stereocenters. The molecular formula is C21H21NOS. The van der Waals surface area contributed by atoms with Crippen LogP contribution in [0.1, 0.15) is 17.2 Å². The summed E-state index contributed by atoms with van der Waals surface area (Å²) < 4.78 is 0. The monoisotopic (exact) mass is 335 g/mol. The van der Waals surface area contributed by atoms with Gasteiger partial charge in [0.1, 0.15) is 0 Å². The molecule has 0 heterocycles. The molecule has 0 bridgehead atoms. The van der Waals surface area contributed by atoms with Gasteiger partial charge in [0, 0.05) is 22.9 Å². The molecule has 3 aromatic carbocycles. The molecule has 0 aliphatic carbocycles. The molecule has 0 saturated carbocycles. The maximum absolute atomic E-state index is 10.2. The third-order valence-electron chi connectivity index (χ3n) is 3.79. The summed E-state index contributed by atoms with van der Waals surface area (Å²) in [4.78, 5) is 1.28. The maximum Gasteiger partial charge on any atom is 0.0962 e. The van der Waals surface area contributed by atoms with Crippen molar-refractivity contribution in [2.45, 2.75) is 16.8 Å². The molecule has 122 valence electrons. The number of hydrogen-bond acceptors (Lipinski definition) is 3.